The highest BCUT2D eigenvalue weighted by atomic mass is 16.5. The Morgan fingerprint density at radius 3 is 2.90 bits per heavy atom. The fourth-order valence-electron chi connectivity index (χ4n) is 3.14. The number of methoxy groups -OCH3 is 1. The van der Waals surface area contributed by atoms with Gasteiger partial charge in [-0.05, 0) is 26.0 Å². The molecular formula is C20H19N5O4. The van der Waals surface area contributed by atoms with Crippen LogP contribution in [-0.4, -0.2) is 33.8 Å². The van der Waals surface area contributed by atoms with Gasteiger partial charge in [-0.25, -0.2) is 15.0 Å². The highest BCUT2D eigenvalue weighted by Gasteiger charge is 2.24. The van der Waals surface area contributed by atoms with Crippen LogP contribution in [-0.2, 0) is 17.8 Å². The molecule has 29 heavy (non-hydrogen) atoms. The summed E-state index contributed by atoms with van der Waals surface area (Å²) in [5.74, 6) is 2.15. The number of hydrogen-bond acceptors (Lipinski definition) is 8. The molecule has 0 bridgehead atoms. The van der Waals surface area contributed by atoms with E-state index >= 15 is 0 Å². The van der Waals surface area contributed by atoms with Crippen LogP contribution in [0.4, 0.5) is 11.5 Å². The summed E-state index contributed by atoms with van der Waals surface area (Å²) in [4.78, 5) is 36.4. The molecule has 2 N–H and O–H groups in total. The van der Waals surface area contributed by atoms with Crippen molar-refractivity contribution >= 4 is 23.2 Å². The zero-order chi connectivity index (χ0) is 20.5. The number of aryl methyl sites for hydroxylation is 1. The Bertz CT molecular complexity index is 1120. The standard InChI is InChI=1S/C20H19N5O4/c1-10(26)13-8-21-11(2)23-19(13)24-14-6-4-5-12(18(14)28-3)20-25-15-7-17(27)22-9-16(15)29-20/h4-6,8H,7,9H2,1-3H3,(H,22,27)(H,21,23,24). The summed E-state index contributed by atoms with van der Waals surface area (Å²) in [6.07, 6.45) is 1.68. The lowest BCUT2D eigenvalue weighted by Crippen LogP contribution is -2.29. The van der Waals surface area contributed by atoms with E-state index in [1.807, 2.05) is 12.1 Å². The van der Waals surface area contributed by atoms with Gasteiger partial charge in [-0.15, -0.1) is 0 Å². The number of hydrogen-bond donors (Lipinski definition) is 2. The maximum atomic E-state index is 11.9. The van der Waals surface area contributed by atoms with Crippen LogP contribution >= 0.6 is 0 Å². The van der Waals surface area contributed by atoms with E-state index in [4.69, 9.17) is 9.15 Å². The number of amides is 1. The Balaban J connectivity index is 1.76. The van der Waals surface area contributed by atoms with Gasteiger partial charge in [0.15, 0.2) is 11.5 Å². The molecule has 148 valence electrons. The highest BCUT2D eigenvalue weighted by molar-refractivity contribution is 5.99. The van der Waals surface area contributed by atoms with E-state index in [2.05, 4.69) is 25.6 Å². The van der Waals surface area contributed by atoms with Crippen LogP contribution in [0.1, 0.15) is 34.6 Å². The lowest BCUT2D eigenvalue weighted by Gasteiger charge is -2.15. The number of Topliss-reactive ketones (excluding diaryl/α,β-unsaturated/α-hetero) is 1. The van der Waals surface area contributed by atoms with Crippen LogP contribution in [0.25, 0.3) is 11.5 Å². The summed E-state index contributed by atoms with van der Waals surface area (Å²) in [6.45, 7) is 3.51. The van der Waals surface area contributed by atoms with E-state index in [9.17, 15) is 9.59 Å². The molecule has 1 aliphatic heterocycles. The van der Waals surface area contributed by atoms with Crippen molar-refractivity contribution in [3.63, 3.8) is 0 Å². The van der Waals surface area contributed by atoms with Crippen LogP contribution in [0, 0.1) is 6.92 Å². The van der Waals surface area contributed by atoms with Crippen molar-refractivity contribution in [3.8, 4) is 17.2 Å². The van der Waals surface area contributed by atoms with Crippen molar-refractivity contribution in [2.75, 3.05) is 12.4 Å². The van der Waals surface area contributed by atoms with Gasteiger partial charge < -0.3 is 19.8 Å². The van der Waals surface area contributed by atoms with E-state index in [1.165, 1.54) is 20.2 Å². The molecule has 3 heterocycles. The Kier molecular flexibility index (Phi) is 4.71. The number of ketones is 1. The van der Waals surface area contributed by atoms with Gasteiger partial charge in [0.05, 0.1) is 42.6 Å². The topological polar surface area (TPSA) is 119 Å². The fraction of sp³-hybridized carbons (Fsp3) is 0.250. The van der Waals surface area contributed by atoms with Crippen LogP contribution in [0.3, 0.4) is 0 Å². The van der Waals surface area contributed by atoms with Crippen molar-refractivity contribution in [1.29, 1.82) is 0 Å². The van der Waals surface area contributed by atoms with E-state index in [1.54, 1.807) is 13.0 Å². The molecule has 1 amide bonds. The van der Waals surface area contributed by atoms with Gasteiger partial charge in [0.1, 0.15) is 17.4 Å². The summed E-state index contributed by atoms with van der Waals surface area (Å²) in [7, 11) is 1.54. The van der Waals surface area contributed by atoms with Crippen LogP contribution in [0.15, 0.2) is 28.8 Å². The number of aromatic nitrogens is 3. The van der Waals surface area contributed by atoms with E-state index < -0.39 is 0 Å². The quantitative estimate of drug-likeness (QED) is 0.635. The first kappa shape index (κ1) is 18.6. The molecule has 3 aromatic rings. The summed E-state index contributed by atoms with van der Waals surface area (Å²) in [5, 5.41) is 5.90. The number of rotatable bonds is 5. The Morgan fingerprint density at radius 1 is 1.31 bits per heavy atom. The number of para-hydroxylation sites is 1. The zero-order valence-corrected chi connectivity index (χ0v) is 16.2. The molecule has 2 aromatic heterocycles. The van der Waals surface area contributed by atoms with Crippen molar-refractivity contribution in [1.82, 2.24) is 20.3 Å². The van der Waals surface area contributed by atoms with E-state index in [0.29, 0.717) is 58.1 Å². The lowest BCUT2D eigenvalue weighted by atomic mass is 10.1. The molecule has 0 saturated heterocycles. The van der Waals surface area contributed by atoms with Gasteiger partial charge in [0.25, 0.3) is 0 Å². The molecule has 4 rings (SSSR count). The molecule has 0 saturated carbocycles. The first-order valence-electron chi connectivity index (χ1n) is 9.00. The molecular weight excluding hydrogens is 374 g/mol. The van der Waals surface area contributed by atoms with Crippen LogP contribution in [0.2, 0.25) is 0 Å². The molecule has 0 atom stereocenters. The minimum absolute atomic E-state index is 0.0874. The van der Waals surface area contributed by atoms with Crippen LogP contribution in [0.5, 0.6) is 5.75 Å². The number of nitrogens with one attached hydrogen (secondary N) is 2. The number of benzene rings is 1. The van der Waals surface area contributed by atoms with Crippen molar-refractivity contribution < 1.29 is 18.7 Å². The SMILES string of the molecule is COc1c(Nc2nc(C)ncc2C(C)=O)cccc1-c1nc2c(o1)CNC(=O)C2. The molecule has 0 unspecified atom stereocenters. The number of ether oxygens (including phenoxy) is 1. The van der Waals surface area contributed by atoms with Gasteiger partial charge in [-0.3, -0.25) is 9.59 Å². The van der Waals surface area contributed by atoms with Crippen molar-refractivity contribution in [2.45, 2.75) is 26.8 Å². The molecule has 0 aliphatic carbocycles. The molecule has 9 heteroatoms. The van der Waals surface area contributed by atoms with E-state index in [-0.39, 0.29) is 18.1 Å². The summed E-state index contributed by atoms with van der Waals surface area (Å²) < 4.78 is 11.5. The minimum atomic E-state index is -0.153. The summed E-state index contributed by atoms with van der Waals surface area (Å²) in [6, 6.07) is 5.43. The number of oxazole rings is 1. The third kappa shape index (κ3) is 3.54. The average Bonchev–Trinajstić information content (AvgIpc) is 3.10. The second kappa shape index (κ2) is 7.34. The maximum absolute atomic E-state index is 11.9. The van der Waals surface area contributed by atoms with Gasteiger partial charge in [-0.2, -0.15) is 0 Å². The third-order valence-corrected chi connectivity index (χ3v) is 4.54. The fourth-order valence-corrected chi connectivity index (χ4v) is 3.14. The first-order valence-corrected chi connectivity index (χ1v) is 9.00. The Hall–Kier alpha value is -3.75. The lowest BCUT2D eigenvalue weighted by molar-refractivity contribution is -0.121. The molecule has 0 radical (unpaired) electrons. The molecule has 1 aromatic carbocycles. The second-order valence-electron chi connectivity index (χ2n) is 6.59. The Morgan fingerprint density at radius 2 is 2.14 bits per heavy atom. The van der Waals surface area contributed by atoms with Crippen molar-refractivity contribution in [3.05, 3.63) is 47.2 Å². The number of fused-ring (bicyclic) bond motifs is 1. The third-order valence-electron chi connectivity index (χ3n) is 4.54. The van der Waals surface area contributed by atoms with E-state index in [0.717, 1.165) is 0 Å². The van der Waals surface area contributed by atoms with Crippen molar-refractivity contribution in [2.24, 2.45) is 0 Å². The van der Waals surface area contributed by atoms with Gasteiger partial charge in [0, 0.05) is 6.20 Å². The monoisotopic (exact) mass is 393 g/mol. The Labute approximate surface area is 166 Å². The highest BCUT2D eigenvalue weighted by Crippen LogP contribution is 2.38. The molecule has 9 nitrogen and oxygen atoms in total. The second-order valence-corrected chi connectivity index (χ2v) is 6.59. The largest absolute Gasteiger partial charge is 0.494 e. The molecule has 0 fully saturated rings. The molecule has 0 spiro atoms. The summed E-state index contributed by atoms with van der Waals surface area (Å²) >= 11 is 0. The predicted molar refractivity (Wildman–Crippen MR) is 104 cm³/mol. The zero-order valence-electron chi connectivity index (χ0n) is 16.2. The first-order chi connectivity index (χ1) is 14.0. The number of carbonyl (C=O) groups is 2. The van der Waals surface area contributed by atoms with Gasteiger partial charge >= 0.3 is 0 Å². The number of carbonyl (C=O) groups excluding carboxylic acids is 2. The van der Waals surface area contributed by atoms with Gasteiger partial charge in [-0.1, -0.05) is 6.07 Å². The molecule has 1 aliphatic rings. The summed E-state index contributed by atoms with van der Waals surface area (Å²) in [5.41, 5.74) is 2.21. The normalized spacial score (nSPS) is 12.9. The predicted octanol–water partition coefficient (Wildman–Crippen LogP) is 2.57. The van der Waals surface area contributed by atoms with Crippen LogP contribution < -0.4 is 15.4 Å². The average molecular weight is 393 g/mol. The minimum Gasteiger partial charge on any atom is -0.494 e. The number of nitrogens with zero attached hydrogens (tertiary/aromatic N) is 3. The number of anilines is 2. The maximum Gasteiger partial charge on any atom is 0.230 e. The van der Waals surface area contributed by atoms with Gasteiger partial charge in [0.2, 0.25) is 11.8 Å². The smallest absolute Gasteiger partial charge is 0.230 e.